The van der Waals surface area contributed by atoms with Crippen LogP contribution in [-0.2, 0) is 9.59 Å². The fourth-order valence-electron chi connectivity index (χ4n) is 3.78. The number of anilines is 1. The van der Waals surface area contributed by atoms with E-state index in [1.165, 1.54) is 5.56 Å². The minimum absolute atomic E-state index is 0.00818. The average Bonchev–Trinajstić information content (AvgIpc) is 3.48. The van der Waals surface area contributed by atoms with Crippen molar-refractivity contribution in [2.75, 3.05) is 11.9 Å². The summed E-state index contributed by atoms with van der Waals surface area (Å²) in [5, 5.41) is 15.9. The topological polar surface area (TPSA) is 97.3 Å². The van der Waals surface area contributed by atoms with E-state index in [2.05, 4.69) is 43.6 Å². The fraction of sp³-hybridized carbons (Fsp3) is 0.400. The maximum Gasteiger partial charge on any atom is 0.263 e. The van der Waals surface area contributed by atoms with Gasteiger partial charge < -0.3 is 15.4 Å². The van der Waals surface area contributed by atoms with Gasteiger partial charge >= 0.3 is 0 Å². The van der Waals surface area contributed by atoms with Gasteiger partial charge in [-0.05, 0) is 41.0 Å². The van der Waals surface area contributed by atoms with Crippen molar-refractivity contribution in [2.45, 2.75) is 52.4 Å². The summed E-state index contributed by atoms with van der Waals surface area (Å²) in [7, 11) is 0. The van der Waals surface area contributed by atoms with E-state index < -0.39 is 6.29 Å². The molecule has 1 aromatic carbocycles. The molecule has 1 aliphatic rings. The molecule has 4 rings (SSSR count). The second-order valence-corrected chi connectivity index (χ2v) is 10.0. The van der Waals surface area contributed by atoms with Crippen LogP contribution in [0.25, 0.3) is 10.6 Å². The Balaban J connectivity index is 1.50. The second kappa shape index (κ2) is 10.4. The first kappa shape index (κ1) is 24.0. The largest absolute Gasteiger partial charge is 0.484 e. The van der Waals surface area contributed by atoms with Crippen molar-refractivity contribution in [2.24, 2.45) is 5.92 Å². The SMILES string of the molecule is CC(C)c1ccc(OCC(=O)Nc2cc(-c3cccs3)nn2C2NC(=O)CC(C(C)C)N2)cc1. The number of hydrogen-bond acceptors (Lipinski definition) is 6. The Morgan fingerprint density at radius 2 is 2.00 bits per heavy atom. The molecule has 3 heterocycles. The van der Waals surface area contributed by atoms with E-state index in [4.69, 9.17) is 9.84 Å². The van der Waals surface area contributed by atoms with E-state index in [1.807, 2.05) is 47.8 Å². The smallest absolute Gasteiger partial charge is 0.263 e. The summed E-state index contributed by atoms with van der Waals surface area (Å²) >= 11 is 1.56. The molecule has 2 unspecified atom stereocenters. The molecule has 3 N–H and O–H groups in total. The van der Waals surface area contributed by atoms with Crippen molar-refractivity contribution in [1.29, 1.82) is 0 Å². The average molecular weight is 482 g/mol. The lowest BCUT2D eigenvalue weighted by Gasteiger charge is -2.34. The lowest BCUT2D eigenvalue weighted by molar-refractivity contribution is -0.126. The number of nitrogens with one attached hydrogen (secondary N) is 3. The van der Waals surface area contributed by atoms with E-state index in [0.29, 0.717) is 23.9 Å². The molecule has 0 radical (unpaired) electrons. The number of carbonyl (C=O) groups is 2. The predicted octanol–water partition coefficient (Wildman–Crippen LogP) is 4.34. The molecule has 1 saturated heterocycles. The Kier molecular flexibility index (Phi) is 7.33. The lowest BCUT2D eigenvalue weighted by atomic mass is 9.99. The lowest BCUT2D eigenvalue weighted by Crippen LogP contribution is -2.55. The van der Waals surface area contributed by atoms with Gasteiger partial charge in [0, 0.05) is 18.5 Å². The Morgan fingerprint density at radius 1 is 1.24 bits per heavy atom. The quantitative estimate of drug-likeness (QED) is 0.445. The van der Waals surface area contributed by atoms with Crippen molar-refractivity contribution < 1.29 is 14.3 Å². The molecule has 2 amide bonds. The molecular weight excluding hydrogens is 450 g/mol. The van der Waals surface area contributed by atoms with Crippen molar-refractivity contribution in [3.63, 3.8) is 0 Å². The standard InChI is InChI=1S/C25H31N5O3S/c1-15(2)17-7-9-18(10-8-17)33-14-24(32)27-22-12-20(21-6-5-11-34-21)29-30(22)25-26-19(16(3)4)13-23(31)28-25/h5-12,15-16,19,25-26H,13-14H2,1-4H3,(H,27,32)(H,28,31). The summed E-state index contributed by atoms with van der Waals surface area (Å²) in [6.07, 6.45) is -0.166. The molecule has 0 aliphatic carbocycles. The predicted molar refractivity (Wildman–Crippen MR) is 134 cm³/mol. The van der Waals surface area contributed by atoms with Gasteiger partial charge in [-0.2, -0.15) is 5.10 Å². The number of aromatic nitrogens is 2. The highest BCUT2D eigenvalue weighted by atomic mass is 32.1. The van der Waals surface area contributed by atoms with Crippen LogP contribution in [0.1, 0.15) is 51.9 Å². The third-order valence-corrected chi connectivity index (χ3v) is 6.71. The Morgan fingerprint density at radius 3 is 2.65 bits per heavy atom. The summed E-state index contributed by atoms with van der Waals surface area (Å²) in [4.78, 5) is 26.1. The molecule has 8 nitrogen and oxygen atoms in total. The van der Waals surface area contributed by atoms with E-state index >= 15 is 0 Å². The summed E-state index contributed by atoms with van der Waals surface area (Å²) in [5.74, 6) is 1.45. The van der Waals surface area contributed by atoms with Crippen LogP contribution in [0.15, 0.2) is 47.8 Å². The Bertz CT molecular complexity index is 1120. The molecule has 0 saturated carbocycles. The van der Waals surface area contributed by atoms with Crippen LogP contribution < -0.4 is 20.7 Å². The van der Waals surface area contributed by atoms with Gasteiger partial charge in [-0.25, -0.2) is 4.68 Å². The van der Waals surface area contributed by atoms with Crippen molar-refractivity contribution in [3.05, 3.63) is 53.4 Å². The molecule has 180 valence electrons. The summed E-state index contributed by atoms with van der Waals surface area (Å²) < 4.78 is 7.30. The van der Waals surface area contributed by atoms with Gasteiger partial charge in [-0.1, -0.05) is 45.9 Å². The van der Waals surface area contributed by atoms with Crippen LogP contribution in [0.5, 0.6) is 5.75 Å². The molecule has 0 bridgehead atoms. The Labute approximate surface area is 203 Å². The van der Waals surface area contributed by atoms with Crippen LogP contribution in [0.3, 0.4) is 0 Å². The minimum Gasteiger partial charge on any atom is -0.484 e. The van der Waals surface area contributed by atoms with Gasteiger partial charge in [-0.15, -0.1) is 11.3 Å². The van der Waals surface area contributed by atoms with Gasteiger partial charge in [-0.3, -0.25) is 14.9 Å². The summed E-state index contributed by atoms with van der Waals surface area (Å²) in [5.41, 5.74) is 1.93. The molecule has 9 heteroatoms. The second-order valence-electron chi connectivity index (χ2n) is 9.09. The van der Waals surface area contributed by atoms with Gasteiger partial charge in [0.1, 0.15) is 17.3 Å². The number of benzene rings is 1. The number of rotatable bonds is 8. The number of hydrogen-bond donors (Lipinski definition) is 3. The van der Waals surface area contributed by atoms with E-state index in [1.54, 1.807) is 16.0 Å². The third kappa shape index (κ3) is 5.66. The van der Waals surface area contributed by atoms with E-state index in [9.17, 15) is 9.59 Å². The first-order valence-electron chi connectivity index (χ1n) is 11.5. The molecule has 2 aromatic heterocycles. The molecule has 2 atom stereocenters. The molecular formula is C25H31N5O3S. The van der Waals surface area contributed by atoms with Crippen LogP contribution in [0, 0.1) is 5.92 Å². The summed E-state index contributed by atoms with van der Waals surface area (Å²) in [6, 6.07) is 13.5. The normalized spacial score (nSPS) is 18.2. The number of amides is 2. The van der Waals surface area contributed by atoms with Gasteiger partial charge in [0.2, 0.25) is 5.91 Å². The van der Waals surface area contributed by atoms with Crippen LogP contribution in [0.4, 0.5) is 5.82 Å². The molecule has 34 heavy (non-hydrogen) atoms. The molecule has 1 aliphatic heterocycles. The first-order valence-corrected chi connectivity index (χ1v) is 12.4. The first-order chi connectivity index (χ1) is 16.3. The zero-order chi connectivity index (χ0) is 24.2. The van der Waals surface area contributed by atoms with E-state index in [0.717, 1.165) is 10.6 Å². The van der Waals surface area contributed by atoms with E-state index in [-0.39, 0.29) is 30.4 Å². The summed E-state index contributed by atoms with van der Waals surface area (Å²) in [6.45, 7) is 8.26. The number of carbonyl (C=O) groups excluding carboxylic acids is 2. The monoisotopic (exact) mass is 481 g/mol. The number of nitrogens with zero attached hydrogens (tertiary/aromatic N) is 2. The highest BCUT2D eigenvalue weighted by Crippen LogP contribution is 2.28. The maximum absolute atomic E-state index is 12.7. The molecule has 0 spiro atoms. The van der Waals surface area contributed by atoms with Gasteiger partial charge in [0.25, 0.3) is 5.91 Å². The number of thiophene rings is 1. The zero-order valence-corrected chi connectivity index (χ0v) is 20.7. The number of ether oxygens (including phenoxy) is 1. The van der Waals surface area contributed by atoms with Gasteiger partial charge in [0.05, 0.1) is 4.88 Å². The molecule has 3 aromatic rings. The minimum atomic E-state index is -0.567. The Hall–Kier alpha value is -3.17. The van der Waals surface area contributed by atoms with Crippen LogP contribution in [-0.4, -0.2) is 34.2 Å². The van der Waals surface area contributed by atoms with Gasteiger partial charge in [0.15, 0.2) is 12.9 Å². The molecule has 1 fully saturated rings. The van der Waals surface area contributed by atoms with Crippen LogP contribution in [0.2, 0.25) is 0 Å². The van der Waals surface area contributed by atoms with Crippen LogP contribution >= 0.6 is 11.3 Å². The highest BCUT2D eigenvalue weighted by molar-refractivity contribution is 7.13. The fourth-order valence-corrected chi connectivity index (χ4v) is 4.46. The third-order valence-electron chi connectivity index (χ3n) is 5.82. The van der Waals surface area contributed by atoms with Crippen molar-refractivity contribution in [1.82, 2.24) is 20.4 Å². The zero-order valence-electron chi connectivity index (χ0n) is 19.9. The van der Waals surface area contributed by atoms with Crippen molar-refractivity contribution >= 4 is 29.0 Å². The van der Waals surface area contributed by atoms with Crippen molar-refractivity contribution in [3.8, 4) is 16.3 Å². The maximum atomic E-state index is 12.7. The highest BCUT2D eigenvalue weighted by Gasteiger charge is 2.31.